The maximum Gasteiger partial charge on any atom is 0.122 e. The SMILES string of the molecule is Cc1ccc(C2NNC(O)C2C(c2ccc(Cl)cc2)C2C(O)NNC2c2ccc(C)cc2)cc1. The van der Waals surface area contributed by atoms with Crippen molar-refractivity contribution in [2.75, 3.05) is 0 Å². The van der Waals surface area contributed by atoms with Crippen LogP contribution in [0.3, 0.4) is 0 Å². The third kappa shape index (κ3) is 4.51. The second-order valence-electron chi connectivity index (χ2n) is 9.48. The van der Waals surface area contributed by atoms with Crippen LogP contribution in [0.15, 0.2) is 72.8 Å². The second kappa shape index (κ2) is 9.76. The first-order valence-corrected chi connectivity index (χ1v) is 12.1. The number of hydrogen-bond donors (Lipinski definition) is 6. The van der Waals surface area contributed by atoms with E-state index in [9.17, 15) is 10.2 Å². The molecule has 5 rings (SSSR count). The molecule has 0 bridgehead atoms. The summed E-state index contributed by atoms with van der Waals surface area (Å²) in [5.74, 6) is -0.707. The molecule has 3 aromatic carbocycles. The summed E-state index contributed by atoms with van der Waals surface area (Å²) in [4.78, 5) is 0. The summed E-state index contributed by atoms with van der Waals surface area (Å²) in [5.41, 5.74) is 18.3. The molecule has 0 radical (unpaired) electrons. The third-order valence-electron chi connectivity index (χ3n) is 7.23. The van der Waals surface area contributed by atoms with Crippen LogP contribution in [0.2, 0.25) is 5.02 Å². The van der Waals surface area contributed by atoms with Gasteiger partial charge in [-0.05, 0) is 42.7 Å². The van der Waals surface area contributed by atoms with E-state index in [0.717, 1.165) is 16.7 Å². The van der Waals surface area contributed by atoms with Gasteiger partial charge in [0.25, 0.3) is 0 Å². The molecule has 0 saturated carbocycles. The highest BCUT2D eigenvalue weighted by Crippen LogP contribution is 2.49. The summed E-state index contributed by atoms with van der Waals surface area (Å²) in [6.45, 7) is 4.12. The molecule has 0 aromatic heterocycles. The quantitative estimate of drug-likeness (QED) is 0.336. The van der Waals surface area contributed by atoms with Gasteiger partial charge in [-0.25, -0.2) is 21.7 Å². The Labute approximate surface area is 205 Å². The summed E-state index contributed by atoms with van der Waals surface area (Å²) in [6, 6.07) is 24.2. The van der Waals surface area contributed by atoms with Crippen molar-refractivity contribution >= 4 is 11.6 Å². The van der Waals surface area contributed by atoms with Crippen molar-refractivity contribution in [2.24, 2.45) is 11.8 Å². The Kier molecular flexibility index (Phi) is 6.73. The van der Waals surface area contributed by atoms with Crippen molar-refractivity contribution in [3.05, 3.63) is 106 Å². The lowest BCUT2D eigenvalue weighted by Crippen LogP contribution is -2.39. The van der Waals surface area contributed by atoms with Gasteiger partial charge in [-0.15, -0.1) is 0 Å². The zero-order valence-electron chi connectivity index (χ0n) is 19.2. The minimum atomic E-state index is -0.807. The molecule has 2 heterocycles. The van der Waals surface area contributed by atoms with E-state index in [1.54, 1.807) is 0 Å². The van der Waals surface area contributed by atoms with E-state index >= 15 is 0 Å². The molecule has 6 unspecified atom stereocenters. The summed E-state index contributed by atoms with van der Waals surface area (Å²) in [7, 11) is 0. The van der Waals surface area contributed by atoms with Crippen LogP contribution in [0.1, 0.15) is 45.8 Å². The predicted octanol–water partition coefficient (Wildman–Crippen LogP) is 3.61. The number of aliphatic hydroxyl groups is 2. The Morgan fingerprint density at radius 1 is 0.618 bits per heavy atom. The van der Waals surface area contributed by atoms with Crippen LogP contribution in [-0.2, 0) is 0 Å². The predicted molar refractivity (Wildman–Crippen MR) is 134 cm³/mol. The van der Waals surface area contributed by atoms with E-state index in [1.807, 2.05) is 24.3 Å². The second-order valence-corrected chi connectivity index (χ2v) is 9.91. The minimum absolute atomic E-state index is 0.150. The molecule has 2 saturated heterocycles. The molecule has 2 fully saturated rings. The van der Waals surface area contributed by atoms with Gasteiger partial charge in [-0.2, -0.15) is 0 Å². The first kappa shape index (κ1) is 23.5. The van der Waals surface area contributed by atoms with E-state index in [4.69, 9.17) is 11.6 Å². The summed E-state index contributed by atoms with van der Waals surface area (Å²) in [6.07, 6.45) is -1.61. The minimum Gasteiger partial charge on any atom is -0.377 e. The first-order chi connectivity index (χ1) is 16.4. The summed E-state index contributed by atoms with van der Waals surface area (Å²) >= 11 is 6.22. The molecule has 3 aromatic rings. The fourth-order valence-corrected chi connectivity index (χ4v) is 5.58. The normalized spacial score (nSPS) is 29.9. The number of nitrogens with one attached hydrogen (secondary N) is 4. The van der Waals surface area contributed by atoms with Gasteiger partial charge < -0.3 is 10.2 Å². The first-order valence-electron chi connectivity index (χ1n) is 11.7. The van der Waals surface area contributed by atoms with Crippen LogP contribution in [0.5, 0.6) is 0 Å². The van der Waals surface area contributed by atoms with E-state index in [1.165, 1.54) is 11.1 Å². The van der Waals surface area contributed by atoms with Gasteiger partial charge in [0.15, 0.2) is 0 Å². The monoisotopic (exact) mass is 478 g/mol. The molecule has 2 aliphatic heterocycles. The molecule has 178 valence electrons. The van der Waals surface area contributed by atoms with Crippen molar-refractivity contribution < 1.29 is 10.2 Å². The van der Waals surface area contributed by atoms with E-state index < -0.39 is 12.5 Å². The molecule has 0 amide bonds. The van der Waals surface area contributed by atoms with Gasteiger partial charge in [-0.1, -0.05) is 83.4 Å². The van der Waals surface area contributed by atoms with E-state index in [2.05, 4.69) is 84.1 Å². The van der Waals surface area contributed by atoms with Crippen molar-refractivity contribution in [1.29, 1.82) is 0 Å². The van der Waals surface area contributed by atoms with Crippen LogP contribution in [-0.4, -0.2) is 22.7 Å². The largest absolute Gasteiger partial charge is 0.377 e. The topological polar surface area (TPSA) is 88.6 Å². The van der Waals surface area contributed by atoms with Crippen LogP contribution >= 0.6 is 11.6 Å². The summed E-state index contributed by atoms with van der Waals surface area (Å²) in [5, 5.41) is 23.0. The molecule has 6 nitrogen and oxygen atoms in total. The molecule has 6 N–H and O–H groups in total. The Hall–Kier alpha value is -2.29. The lowest BCUT2D eigenvalue weighted by Gasteiger charge is -2.37. The highest BCUT2D eigenvalue weighted by atomic mass is 35.5. The van der Waals surface area contributed by atoms with Crippen LogP contribution < -0.4 is 21.7 Å². The molecule has 0 spiro atoms. The average Bonchev–Trinajstić information content (AvgIpc) is 3.40. The summed E-state index contributed by atoms with van der Waals surface area (Å²) < 4.78 is 0. The highest BCUT2D eigenvalue weighted by molar-refractivity contribution is 6.30. The third-order valence-corrected chi connectivity index (χ3v) is 7.48. The average molecular weight is 479 g/mol. The lowest BCUT2D eigenvalue weighted by atomic mass is 9.69. The van der Waals surface area contributed by atoms with Crippen molar-refractivity contribution in [3.8, 4) is 0 Å². The number of aryl methyl sites for hydroxylation is 2. The van der Waals surface area contributed by atoms with Crippen LogP contribution in [0.25, 0.3) is 0 Å². The fourth-order valence-electron chi connectivity index (χ4n) is 5.45. The molecule has 6 atom stereocenters. The molecule has 7 heteroatoms. The molecular formula is C27H31ClN4O2. The van der Waals surface area contributed by atoms with Crippen LogP contribution in [0, 0.1) is 25.7 Å². The zero-order chi connectivity index (χ0) is 23.8. The van der Waals surface area contributed by atoms with Gasteiger partial charge in [0.05, 0.1) is 12.1 Å². The number of benzene rings is 3. The Morgan fingerprint density at radius 3 is 1.44 bits per heavy atom. The number of rotatable bonds is 5. The number of halogens is 1. The van der Waals surface area contributed by atoms with E-state index in [-0.39, 0.29) is 29.8 Å². The van der Waals surface area contributed by atoms with Gasteiger partial charge in [0.1, 0.15) is 12.5 Å². The maximum absolute atomic E-state index is 11.2. The molecule has 2 aliphatic rings. The lowest BCUT2D eigenvalue weighted by molar-refractivity contribution is 0.0370. The standard InChI is InChI=1S/C27H31ClN4O2/c1-15-3-7-18(8-4-15)24-22(26(33)31-29-24)21(17-11-13-20(28)14-12-17)23-25(30-32-27(23)34)19-9-5-16(2)6-10-19/h3-14,21-27,29-34H,1-2H3. The molecule has 0 aliphatic carbocycles. The number of hydrogen-bond acceptors (Lipinski definition) is 6. The van der Waals surface area contributed by atoms with Crippen molar-refractivity contribution in [1.82, 2.24) is 21.7 Å². The van der Waals surface area contributed by atoms with Gasteiger partial charge in [0.2, 0.25) is 0 Å². The molecule has 34 heavy (non-hydrogen) atoms. The Bertz CT molecular complexity index is 1040. The molecular weight excluding hydrogens is 448 g/mol. The van der Waals surface area contributed by atoms with E-state index in [0.29, 0.717) is 5.02 Å². The maximum atomic E-state index is 11.2. The van der Waals surface area contributed by atoms with Crippen molar-refractivity contribution in [3.63, 3.8) is 0 Å². The van der Waals surface area contributed by atoms with Crippen molar-refractivity contribution in [2.45, 2.75) is 44.3 Å². The van der Waals surface area contributed by atoms with Gasteiger partial charge in [0, 0.05) is 22.8 Å². The number of aliphatic hydroxyl groups excluding tert-OH is 2. The van der Waals surface area contributed by atoms with Gasteiger partial charge >= 0.3 is 0 Å². The van der Waals surface area contributed by atoms with Gasteiger partial charge in [-0.3, -0.25) is 0 Å². The zero-order valence-corrected chi connectivity index (χ0v) is 20.0. The number of hydrazine groups is 2. The fraction of sp³-hybridized carbons (Fsp3) is 0.333. The smallest absolute Gasteiger partial charge is 0.122 e. The highest BCUT2D eigenvalue weighted by Gasteiger charge is 2.50. The van der Waals surface area contributed by atoms with Crippen LogP contribution in [0.4, 0.5) is 0 Å². The Balaban J connectivity index is 1.60. The Morgan fingerprint density at radius 2 is 1.03 bits per heavy atom.